The Kier molecular flexibility index (Phi) is 3.16. The van der Waals surface area contributed by atoms with Crippen molar-refractivity contribution in [2.75, 3.05) is 13.7 Å². The number of ether oxygens (including phenoxy) is 1. The number of aromatic nitrogens is 4. The van der Waals surface area contributed by atoms with Crippen LogP contribution in [0.5, 0.6) is 6.01 Å². The molecule has 6 nitrogen and oxygen atoms in total. The Balaban J connectivity index is 1.69. The van der Waals surface area contributed by atoms with Crippen LogP contribution in [0.4, 0.5) is 0 Å². The van der Waals surface area contributed by atoms with E-state index in [2.05, 4.69) is 32.0 Å². The highest BCUT2D eigenvalue weighted by Crippen LogP contribution is 2.21. The van der Waals surface area contributed by atoms with Crippen LogP contribution in [0.15, 0.2) is 12.4 Å². The normalized spacial score (nSPS) is 15.3. The number of nitrogens with zero attached hydrogens (tertiary/aromatic N) is 4. The van der Waals surface area contributed by atoms with Crippen LogP contribution in [0.1, 0.15) is 22.5 Å². The van der Waals surface area contributed by atoms with Crippen molar-refractivity contribution in [2.24, 2.45) is 0 Å². The van der Waals surface area contributed by atoms with Crippen molar-refractivity contribution in [3.05, 3.63) is 34.9 Å². The third-order valence-corrected chi connectivity index (χ3v) is 3.48. The molecule has 100 valence electrons. The molecule has 0 aliphatic carbocycles. The summed E-state index contributed by atoms with van der Waals surface area (Å²) in [6.45, 7) is 4.88. The summed E-state index contributed by atoms with van der Waals surface area (Å²) in [5.74, 6) is 0. The van der Waals surface area contributed by atoms with Gasteiger partial charge in [0.2, 0.25) is 0 Å². The molecule has 2 aromatic rings. The van der Waals surface area contributed by atoms with E-state index in [1.54, 1.807) is 7.11 Å². The van der Waals surface area contributed by atoms with Crippen molar-refractivity contribution in [3.8, 4) is 6.01 Å². The highest BCUT2D eigenvalue weighted by molar-refractivity contribution is 5.26. The molecule has 0 spiro atoms. The van der Waals surface area contributed by atoms with Gasteiger partial charge in [0.15, 0.2) is 0 Å². The van der Waals surface area contributed by atoms with Gasteiger partial charge in [0.25, 0.3) is 0 Å². The fraction of sp³-hybridized carbons (Fsp3) is 0.462. The minimum Gasteiger partial charge on any atom is -0.467 e. The number of nitrogens with one attached hydrogen (secondary N) is 1. The Bertz CT molecular complexity index is 563. The van der Waals surface area contributed by atoms with Crippen molar-refractivity contribution in [3.63, 3.8) is 0 Å². The van der Waals surface area contributed by atoms with Gasteiger partial charge >= 0.3 is 6.01 Å². The van der Waals surface area contributed by atoms with Gasteiger partial charge in [-0.3, -0.25) is 10.00 Å². The van der Waals surface area contributed by atoms with E-state index in [-0.39, 0.29) is 0 Å². The summed E-state index contributed by atoms with van der Waals surface area (Å²) in [6, 6.07) is 0.412. The van der Waals surface area contributed by atoms with Crippen LogP contribution < -0.4 is 4.74 Å². The fourth-order valence-corrected chi connectivity index (χ4v) is 2.41. The molecule has 1 aliphatic rings. The highest BCUT2D eigenvalue weighted by atomic mass is 16.5. The molecule has 0 radical (unpaired) electrons. The van der Waals surface area contributed by atoms with Gasteiger partial charge in [-0.15, -0.1) is 0 Å². The molecule has 0 saturated carbocycles. The number of hydrogen-bond acceptors (Lipinski definition) is 5. The molecule has 3 rings (SSSR count). The second kappa shape index (κ2) is 4.97. The largest absolute Gasteiger partial charge is 0.467 e. The Morgan fingerprint density at radius 2 is 2.16 bits per heavy atom. The SMILES string of the molecule is COc1ncc(CN2CCc3n[nH]c(C)c3C2)cn1. The lowest BCUT2D eigenvalue weighted by molar-refractivity contribution is 0.243. The molecule has 6 heteroatoms. The lowest BCUT2D eigenvalue weighted by Crippen LogP contribution is -2.30. The Hall–Kier alpha value is -1.95. The summed E-state index contributed by atoms with van der Waals surface area (Å²) in [7, 11) is 1.57. The van der Waals surface area contributed by atoms with Crippen molar-refractivity contribution in [2.45, 2.75) is 26.4 Å². The standard InChI is InChI=1S/C13H17N5O/c1-9-11-8-18(4-3-12(11)17-16-9)7-10-5-14-13(19-2)15-6-10/h5-6H,3-4,7-8H2,1-2H3,(H,16,17). The first kappa shape index (κ1) is 12.1. The maximum atomic E-state index is 4.96. The second-order valence-corrected chi connectivity index (χ2v) is 4.81. The Labute approximate surface area is 111 Å². The molecular formula is C13H17N5O. The molecule has 0 amide bonds. The van der Waals surface area contributed by atoms with E-state index in [0.29, 0.717) is 6.01 Å². The lowest BCUT2D eigenvalue weighted by atomic mass is 10.1. The third kappa shape index (κ3) is 2.44. The predicted molar refractivity (Wildman–Crippen MR) is 69.7 cm³/mol. The number of aryl methyl sites for hydroxylation is 1. The number of aromatic amines is 1. The Morgan fingerprint density at radius 1 is 1.37 bits per heavy atom. The average Bonchev–Trinajstić information content (AvgIpc) is 2.81. The van der Waals surface area contributed by atoms with Crippen molar-refractivity contribution < 1.29 is 4.74 Å². The number of methoxy groups -OCH3 is 1. The number of rotatable bonds is 3. The third-order valence-electron chi connectivity index (χ3n) is 3.48. The zero-order valence-electron chi connectivity index (χ0n) is 11.2. The molecule has 0 aromatic carbocycles. The van der Waals surface area contributed by atoms with Crippen molar-refractivity contribution >= 4 is 0 Å². The van der Waals surface area contributed by atoms with Crippen LogP contribution in [-0.4, -0.2) is 38.7 Å². The van der Waals surface area contributed by atoms with E-state index >= 15 is 0 Å². The molecule has 0 atom stereocenters. The molecule has 19 heavy (non-hydrogen) atoms. The maximum absolute atomic E-state index is 4.96. The molecule has 0 bridgehead atoms. The van der Waals surface area contributed by atoms with E-state index in [1.807, 2.05) is 12.4 Å². The molecule has 2 aromatic heterocycles. The molecule has 0 saturated heterocycles. The molecule has 3 heterocycles. The van der Waals surface area contributed by atoms with E-state index in [1.165, 1.54) is 17.0 Å². The average molecular weight is 259 g/mol. The van der Waals surface area contributed by atoms with E-state index in [4.69, 9.17) is 4.74 Å². The van der Waals surface area contributed by atoms with Gasteiger partial charge < -0.3 is 4.74 Å². The van der Waals surface area contributed by atoms with Crippen LogP contribution in [0.2, 0.25) is 0 Å². The maximum Gasteiger partial charge on any atom is 0.316 e. The van der Waals surface area contributed by atoms with Crippen LogP contribution >= 0.6 is 0 Å². The number of hydrogen-bond donors (Lipinski definition) is 1. The zero-order valence-corrected chi connectivity index (χ0v) is 11.2. The van der Waals surface area contributed by atoms with E-state index in [9.17, 15) is 0 Å². The molecule has 1 N–H and O–H groups in total. The first-order valence-electron chi connectivity index (χ1n) is 6.36. The fourth-order valence-electron chi connectivity index (χ4n) is 2.41. The summed E-state index contributed by atoms with van der Waals surface area (Å²) in [6.07, 6.45) is 4.64. The van der Waals surface area contributed by atoms with Gasteiger partial charge in [-0.1, -0.05) is 0 Å². The monoisotopic (exact) mass is 259 g/mol. The summed E-state index contributed by atoms with van der Waals surface area (Å²) in [4.78, 5) is 10.7. The number of H-pyrrole nitrogens is 1. The van der Waals surface area contributed by atoms with Gasteiger partial charge in [0.05, 0.1) is 12.8 Å². The summed E-state index contributed by atoms with van der Waals surface area (Å²) in [5.41, 5.74) is 4.82. The van der Waals surface area contributed by atoms with Crippen LogP contribution in [0.3, 0.4) is 0 Å². The highest BCUT2D eigenvalue weighted by Gasteiger charge is 2.20. The van der Waals surface area contributed by atoms with E-state index < -0.39 is 0 Å². The Morgan fingerprint density at radius 3 is 2.89 bits per heavy atom. The van der Waals surface area contributed by atoms with Gasteiger partial charge in [-0.05, 0) is 6.92 Å². The summed E-state index contributed by atoms with van der Waals surface area (Å²) in [5, 5.41) is 7.39. The molecule has 0 unspecified atom stereocenters. The smallest absolute Gasteiger partial charge is 0.316 e. The summed E-state index contributed by atoms with van der Waals surface area (Å²) >= 11 is 0. The number of fused-ring (bicyclic) bond motifs is 1. The van der Waals surface area contributed by atoms with Gasteiger partial charge in [0, 0.05) is 55.3 Å². The van der Waals surface area contributed by atoms with Gasteiger partial charge in [0.1, 0.15) is 0 Å². The van der Waals surface area contributed by atoms with Crippen molar-refractivity contribution in [1.29, 1.82) is 0 Å². The zero-order chi connectivity index (χ0) is 13.2. The first-order valence-corrected chi connectivity index (χ1v) is 6.36. The molecular weight excluding hydrogens is 242 g/mol. The van der Waals surface area contributed by atoms with Crippen LogP contribution in [-0.2, 0) is 19.5 Å². The summed E-state index contributed by atoms with van der Waals surface area (Å²) < 4.78 is 4.96. The quantitative estimate of drug-likeness (QED) is 0.893. The lowest BCUT2D eigenvalue weighted by Gasteiger charge is -2.26. The molecule has 0 fully saturated rings. The minimum atomic E-state index is 0.412. The van der Waals surface area contributed by atoms with Crippen LogP contribution in [0, 0.1) is 6.92 Å². The topological polar surface area (TPSA) is 66.9 Å². The van der Waals surface area contributed by atoms with E-state index in [0.717, 1.165) is 31.6 Å². The minimum absolute atomic E-state index is 0.412. The van der Waals surface area contributed by atoms with Crippen molar-refractivity contribution in [1.82, 2.24) is 25.1 Å². The van der Waals surface area contributed by atoms with Gasteiger partial charge in [-0.25, -0.2) is 9.97 Å². The van der Waals surface area contributed by atoms with Gasteiger partial charge in [-0.2, -0.15) is 5.10 Å². The predicted octanol–water partition coefficient (Wildman–Crippen LogP) is 1.08. The first-order chi connectivity index (χ1) is 9.26. The second-order valence-electron chi connectivity index (χ2n) is 4.81. The molecule has 1 aliphatic heterocycles. The van der Waals surface area contributed by atoms with Crippen LogP contribution in [0.25, 0.3) is 0 Å².